The summed E-state index contributed by atoms with van der Waals surface area (Å²) in [5.41, 5.74) is 13.1. The molecule has 92 valence electrons. The quantitative estimate of drug-likeness (QED) is 0.834. The van der Waals surface area contributed by atoms with Crippen LogP contribution < -0.4 is 11.5 Å². The van der Waals surface area contributed by atoms with Gasteiger partial charge >= 0.3 is 0 Å². The molecule has 2 rings (SSSR count). The van der Waals surface area contributed by atoms with Crippen LogP contribution in [-0.2, 0) is 0 Å². The minimum Gasteiger partial charge on any atom is -0.387 e. The number of nitrogens with zero attached hydrogens (tertiary/aromatic N) is 1. The highest BCUT2D eigenvalue weighted by Gasteiger charge is 2.24. The average molecular weight is 231 g/mol. The fourth-order valence-corrected chi connectivity index (χ4v) is 2.43. The molecule has 1 aliphatic heterocycles. The normalized spacial score (nSPS) is 25.6. The highest BCUT2D eigenvalue weighted by Crippen LogP contribution is 2.26. The first-order valence-corrected chi connectivity index (χ1v) is 6.29. The Bertz CT molecular complexity index is 386. The molecule has 1 heterocycles. The standard InChI is InChI=1S/C14H21N3/c1-10-9-14(16)17-13(10)8-7-12(15)11-5-3-2-4-6-11/h2-6,10,12-13H,7-9,15H2,1H3,(H2,16,17)/t10-,12?,13-/m0/s1. The smallest absolute Gasteiger partial charge is 0.0944 e. The van der Waals surface area contributed by atoms with Crippen LogP contribution in [0.2, 0.25) is 0 Å². The first kappa shape index (κ1) is 12.1. The van der Waals surface area contributed by atoms with E-state index in [0.29, 0.717) is 12.0 Å². The number of aliphatic imine (C=N–C) groups is 1. The molecule has 3 atom stereocenters. The van der Waals surface area contributed by atoms with Crippen molar-refractivity contribution in [3.63, 3.8) is 0 Å². The monoisotopic (exact) mass is 231 g/mol. The molecule has 1 unspecified atom stereocenters. The van der Waals surface area contributed by atoms with Crippen molar-refractivity contribution in [2.24, 2.45) is 22.4 Å². The van der Waals surface area contributed by atoms with E-state index in [2.05, 4.69) is 24.0 Å². The van der Waals surface area contributed by atoms with Crippen LogP contribution in [0.3, 0.4) is 0 Å². The van der Waals surface area contributed by atoms with E-state index in [1.165, 1.54) is 5.56 Å². The van der Waals surface area contributed by atoms with Crippen molar-refractivity contribution in [1.29, 1.82) is 0 Å². The Morgan fingerprint density at radius 2 is 2.06 bits per heavy atom. The molecule has 0 aliphatic carbocycles. The minimum absolute atomic E-state index is 0.112. The van der Waals surface area contributed by atoms with Gasteiger partial charge in [-0.25, -0.2) is 0 Å². The van der Waals surface area contributed by atoms with Crippen molar-refractivity contribution in [3.05, 3.63) is 35.9 Å². The maximum absolute atomic E-state index is 6.17. The lowest BCUT2D eigenvalue weighted by atomic mass is 9.94. The summed E-state index contributed by atoms with van der Waals surface area (Å²) in [6.45, 7) is 2.21. The number of hydrogen-bond acceptors (Lipinski definition) is 3. The zero-order valence-corrected chi connectivity index (χ0v) is 10.3. The van der Waals surface area contributed by atoms with Gasteiger partial charge in [0, 0.05) is 12.5 Å². The van der Waals surface area contributed by atoms with Crippen LogP contribution in [-0.4, -0.2) is 11.9 Å². The molecule has 1 aromatic carbocycles. The summed E-state index contributed by atoms with van der Waals surface area (Å²) < 4.78 is 0. The molecule has 0 saturated carbocycles. The van der Waals surface area contributed by atoms with Gasteiger partial charge in [0.15, 0.2) is 0 Å². The van der Waals surface area contributed by atoms with Gasteiger partial charge in [-0.1, -0.05) is 37.3 Å². The van der Waals surface area contributed by atoms with Gasteiger partial charge in [-0.15, -0.1) is 0 Å². The van der Waals surface area contributed by atoms with Crippen LogP contribution in [0.4, 0.5) is 0 Å². The summed E-state index contributed by atoms with van der Waals surface area (Å²) in [4.78, 5) is 4.47. The van der Waals surface area contributed by atoms with Gasteiger partial charge in [-0.3, -0.25) is 4.99 Å². The molecule has 3 heteroatoms. The van der Waals surface area contributed by atoms with Crippen LogP contribution in [0.15, 0.2) is 35.3 Å². The fourth-order valence-electron chi connectivity index (χ4n) is 2.43. The molecule has 17 heavy (non-hydrogen) atoms. The maximum Gasteiger partial charge on any atom is 0.0944 e. The second kappa shape index (κ2) is 5.32. The van der Waals surface area contributed by atoms with E-state index in [-0.39, 0.29) is 6.04 Å². The molecular formula is C14H21N3. The third kappa shape index (κ3) is 3.07. The number of nitrogens with two attached hydrogens (primary N) is 2. The Morgan fingerprint density at radius 3 is 2.65 bits per heavy atom. The Hall–Kier alpha value is -1.35. The molecule has 0 aromatic heterocycles. The van der Waals surface area contributed by atoms with Gasteiger partial charge in [-0.05, 0) is 24.3 Å². The van der Waals surface area contributed by atoms with E-state index in [0.717, 1.165) is 25.1 Å². The number of hydrogen-bond donors (Lipinski definition) is 2. The molecular weight excluding hydrogens is 210 g/mol. The topological polar surface area (TPSA) is 64.4 Å². The lowest BCUT2D eigenvalue weighted by Crippen LogP contribution is -2.16. The van der Waals surface area contributed by atoms with Crippen LogP contribution >= 0.6 is 0 Å². The number of rotatable bonds is 4. The van der Waals surface area contributed by atoms with E-state index in [4.69, 9.17) is 11.5 Å². The molecule has 0 radical (unpaired) electrons. The lowest BCUT2D eigenvalue weighted by Gasteiger charge is -2.16. The highest BCUT2D eigenvalue weighted by molar-refractivity contribution is 5.82. The summed E-state index contributed by atoms with van der Waals surface area (Å²) in [5, 5.41) is 0. The van der Waals surface area contributed by atoms with E-state index in [1.807, 2.05) is 18.2 Å². The second-order valence-electron chi connectivity index (χ2n) is 4.96. The Balaban J connectivity index is 1.87. The van der Waals surface area contributed by atoms with Crippen LogP contribution in [0.1, 0.15) is 37.8 Å². The van der Waals surface area contributed by atoms with E-state index >= 15 is 0 Å². The van der Waals surface area contributed by atoms with Crippen LogP contribution in [0, 0.1) is 5.92 Å². The molecule has 4 N–H and O–H groups in total. The highest BCUT2D eigenvalue weighted by atomic mass is 14.9. The summed E-state index contributed by atoms with van der Waals surface area (Å²) >= 11 is 0. The van der Waals surface area contributed by atoms with Crippen molar-refractivity contribution in [2.45, 2.75) is 38.3 Å². The summed E-state index contributed by atoms with van der Waals surface area (Å²) in [6.07, 6.45) is 2.93. The van der Waals surface area contributed by atoms with Gasteiger partial charge in [0.05, 0.1) is 11.9 Å². The third-order valence-electron chi connectivity index (χ3n) is 3.52. The molecule has 0 fully saturated rings. The van der Waals surface area contributed by atoms with E-state index in [9.17, 15) is 0 Å². The zero-order chi connectivity index (χ0) is 12.3. The van der Waals surface area contributed by atoms with Crippen molar-refractivity contribution in [1.82, 2.24) is 0 Å². The van der Waals surface area contributed by atoms with Gasteiger partial charge in [-0.2, -0.15) is 0 Å². The number of benzene rings is 1. The van der Waals surface area contributed by atoms with Crippen LogP contribution in [0.25, 0.3) is 0 Å². The summed E-state index contributed by atoms with van der Waals surface area (Å²) in [7, 11) is 0. The first-order chi connectivity index (χ1) is 8.16. The summed E-state index contributed by atoms with van der Waals surface area (Å²) in [5.74, 6) is 1.37. The molecule has 3 nitrogen and oxygen atoms in total. The molecule has 1 aromatic rings. The van der Waals surface area contributed by atoms with Gasteiger partial charge in [0.25, 0.3) is 0 Å². The first-order valence-electron chi connectivity index (χ1n) is 6.29. The van der Waals surface area contributed by atoms with E-state index in [1.54, 1.807) is 0 Å². The van der Waals surface area contributed by atoms with E-state index < -0.39 is 0 Å². The minimum atomic E-state index is 0.112. The zero-order valence-electron chi connectivity index (χ0n) is 10.3. The fraction of sp³-hybridized carbons (Fsp3) is 0.500. The predicted octanol–water partition coefficient (Wildman–Crippen LogP) is 2.23. The molecule has 0 saturated heterocycles. The largest absolute Gasteiger partial charge is 0.387 e. The number of amidine groups is 1. The lowest BCUT2D eigenvalue weighted by molar-refractivity contribution is 0.443. The molecule has 0 spiro atoms. The van der Waals surface area contributed by atoms with Gasteiger partial charge in [0.2, 0.25) is 0 Å². The third-order valence-corrected chi connectivity index (χ3v) is 3.52. The van der Waals surface area contributed by atoms with Gasteiger partial charge in [0.1, 0.15) is 0 Å². The van der Waals surface area contributed by atoms with Crippen LogP contribution in [0.5, 0.6) is 0 Å². The van der Waals surface area contributed by atoms with Crippen molar-refractivity contribution >= 4 is 5.84 Å². The molecule has 1 aliphatic rings. The molecule has 0 bridgehead atoms. The van der Waals surface area contributed by atoms with Crippen molar-refractivity contribution < 1.29 is 0 Å². The van der Waals surface area contributed by atoms with Crippen molar-refractivity contribution in [3.8, 4) is 0 Å². The van der Waals surface area contributed by atoms with Crippen molar-refractivity contribution in [2.75, 3.05) is 0 Å². The maximum atomic E-state index is 6.17. The Morgan fingerprint density at radius 1 is 1.35 bits per heavy atom. The summed E-state index contributed by atoms with van der Waals surface area (Å²) in [6, 6.07) is 10.7. The Kier molecular flexibility index (Phi) is 3.79. The Labute approximate surface area is 103 Å². The average Bonchev–Trinajstić information content (AvgIpc) is 2.66. The predicted molar refractivity (Wildman–Crippen MR) is 71.8 cm³/mol. The second-order valence-corrected chi connectivity index (χ2v) is 4.96. The SMILES string of the molecule is C[C@H]1CC(N)=N[C@H]1CCC(N)c1ccccc1. The van der Waals surface area contributed by atoms with Gasteiger partial charge < -0.3 is 11.5 Å². The molecule has 0 amide bonds.